The third-order valence-electron chi connectivity index (χ3n) is 4.34. The van der Waals surface area contributed by atoms with Gasteiger partial charge in [-0.1, -0.05) is 6.08 Å². The van der Waals surface area contributed by atoms with Crippen LogP contribution in [0.2, 0.25) is 0 Å². The third-order valence-corrected chi connectivity index (χ3v) is 4.34. The molecule has 0 radical (unpaired) electrons. The second-order valence-electron chi connectivity index (χ2n) is 11.6. The van der Waals surface area contributed by atoms with Crippen LogP contribution in [-0.4, -0.2) is 55.7 Å². The van der Waals surface area contributed by atoms with Crippen LogP contribution in [0.4, 0.5) is 20.1 Å². The Labute approximate surface area is 218 Å². The number of nitrogens with zero attached hydrogens (tertiary/aromatic N) is 4. The number of hydrogen-bond donors (Lipinski definition) is 1. The van der Waals surface area contributed by atoms with E-state index in [2.05, 4.69) is 15.4 Å². The third kappa shape index (κ3) is 9.40. The fourth-order valence-corrected chi connectivity index (χ4v) is 3.04. The smallest absolute Gasteiger partial charge is 0.424 e. The number of fused-ring (bicyclic) bond motifs is 1. The van der Waals surface area contributed by atoms with Crippen LogP contribution in [0.1, 0.15) is 81.4 Å². The van der Waals surface area contributed by atoms with Crippen LogP contribution in [0.25, 0.3) is 11.7 Å². The second-order valence-corrected chi connectivity index (χ2v) is 11.6. The van der Waals surface area contributed by atoms with E-state index in [9.17, 15) is 14.4 Å². The second kappa shape index (κ2) is 11.2. The number of rotatable bonds is 5. The normalized spacial score (nSPS) is 13.4. The quantitative estimate of drug-likeness (QED) is 0.499. The number of alkyl carbamates (subject to hydrolysis) is 1. The maximum Gasteiger partial charge on any atom is 0.424 e. The Morgan fingerprint density at radius 3 is 2.03 bits per heavy atom. The summed E-state index contributed by atoms with van der Waals surface area (Å²) in [7, 11) is 0. The lowest BCUT2D eigenvalue weighted by atomic mass is 10.2. The minimum absolute atomic E-state index is 0.165. The van der Waals surface area contributed by atoms with E-state index in [1.165, 1.54) is 16.8 Å². The summed E-state index contributed by atoms with van der Waals surface area (Å²) < 4.78 is 17.7. The first kappa shape index (κ1) is 29.6. The summed E-state index contributed by atoms with van der Waals surface area (Å²) in [6.07, 6.45) is 4.92. The molecule has 0 aliphatic rings. The highest BCUT2D eigenvalue weighted by molar-refractivity contribution is 6.11. The van der Waals surface area contributed by atoms with E-state index in [-0.39, 0.29) is 17.4 Å². The van der Waals surface area contributed by atoms with Gasteiger partial charge in [-0.2, -0.15) is 10.00 Å². The Bertz CT molecular complexity index is 1120. The molecule has 0 aromatic carbocycles. The predicted molar refractivity (Wildman–Crippen MR) is 140 cm³/mol. The van der Waals surface area contributed by atoms with Crippen LogP contribution in [0.5, 0.6) is 0 Å². The maximum absolute atomic E-state index is 13.0. The first-order chi connectivity index (χ1) is 16.9. The van der Waals surface area contributed by atoms with Gasteiger partial charge in [0.25, 0.3) is 0 Å². The van der Waals surface area contributed by atoms with Crippen molar-refractivity contribution in [2.45, 2.75) is 98.5 Å². The van der Waals surface area contributed by atoms with Crippen LogP contribution < -0.4 is 10.2 Å². The largest absolute Gasteiger partial charge is 0.444 e. The summed E-state index contributed by atoms with van der Waals surface area (Å²) >= 11 is 0. The highest BCUT2D eigenvalue weighted by atomic mass is 16.6. The number of ether oxygens (including phenoxy) is 3. The molecular weight excluding hydrogens is 478 g/mol. The van der Waals surface area contributed by atoms with E-state index < -0.39 is 35.1 Å². The summed E-state index contributed by atoms with van der Waals surface area (Å²) in [5, 5.41) is 7.10. The number of anilines is 1. The van der Waals surface area contributed by atoms with Crippen molar-refractivity contribution in [3.05, 3.63) is 30.2 Å². The summed E-state index contributed by atoms with van der Waals surface area (Å²) in [6, 6.07) is 1.32. The summed E-state index contributed by atoms with van der Waals surface area (Å²) in [5.74, 6) is 0. The van der Waals surface area contributed by atoms with Crippen LogP contribution in [0.15, 0.2) is 24.5 Å². The Hall–Kier alpha value is -3.63. The van der Waals surface area contributed by atoms with Crippen molar-refractivity contribution in [1.82, 2.24) is 19.9 Å². The lowest BCUT2D eigenvalue weighted by Gasteiger charge is -2.28. The average Bonchev–Trinajstić information content (AvgIpc) is 3.07. The molecule has 11 nitrogen and oxygen atoms in total. The molecule has 3 amide bonds. The van der Waals surface area contributed by atoms with Crippen molar-refractivity contribution in [1.29, 1.82) is 0 Å². The van der Waals surface area contributed by atoms with Gasteiger partial charge in [0, 0.05) is 6.04 Å². The van der Waals surface area contributed by atoms with Gasteiger partial charge >= 0.3 is 18.3 Å². The lowest BCUT2D eigenvalue weighted by Crippen LogP contribution is -2.44. The van der Waals surface area contributed by atoms with Crippen molar-refractivity contribution in [2.24, 2.45) is 0 Å². The molecule has 2 rings (SSSR count). The van der Waals surface area contributed by atoms with Gasteiger partial charge < -0.3 is 19.5 Å². The fraction of sp³-hybridized carbons (Fsp3) is 0.577. The number of aromatic nitrogens is 3. The number of hydrogen-bond acceptors (Lipinski definition) is 8. The lowest BCUT2D eigenvalue weighted by molar-refractivity contribution is 0.0427. The first-order valence-electron chi connectivity index (χ1n) is 12.1. The highest BCUT2D eigenvalue weighted by Gasteiger charge is 2.34. The number of carbonyl (C=O) groups is 3. The molecule has 37 heavy (non-hydrogen) atoms. The zero-order valence-corrected chi connectivity index (χ0v) is 23.4. The van der Waals surface area contributed by atoms with Gasteiger partial charge in [0.2, 0.25) is 0 Å². The monoisotopic (exact) mass is 517 g/mol. The van der Waals surface area contributed by atoms with Crippen LogP contribution in [0.3, 0.4) is 0 Å². The van der Waals surface area contributed by atoms with Crippen LogP contribution in [0, 0.1) is 0 Å². The van der Waals surface area contributed by atoms with E-state index >= 15 is 0 Å². The van der Waals surface area contributed by atoms with Gasteiger partial charge in [-0.05, 0) is 87.8 Å². The summed E-state index contributed by atoms with van der Waals surface area (Å²) in [6.45, 7) is 17.5. The van der Waals surface area contributed by atoms with Gasteiger partial charge in [-0.3, -0.25) is 0 Å². The molecule has 2 aromatic heterocycles. The van der Waals surface area contributed by atoms with Gasteiger partial charge in [0.15, 0.2) is 5.65 Å². The predicted octanol–water partition coefficient (Wildman–Crippen LogP) is 5.72. The Morgan fingerprint density at radius 1 is 0.973 bits per heavy atom. The van der Waals surface area contributed by atoms with E-state index in [1.54, 1.807) is 74.6 Å². The number of nitrogens with one attached hydrogen (secondary N) is 1. The van der Waals surface area contributed by atoms with E-state index in [0.29, 0.717) is 12.1 Å². The molecule has 1 atom stereocenters. The van der Waals surface area contributed by atoms with Gasteiger partial charge in [0.1, 0.15) is 22.5 Å². The van der Waals surface area contributed by atoms with Crippen molar-refractivity contribution >= 4 is 35.7 Å². The van der Waals surface area contributed by atoms with E-state index in [1.807, 2.05) is 13.0 Å². The fourth-order valence-electron chi connectivity index (χ4n) is 3.04. The molecule has 0 unspecified atom stereocenters. The van der Waals surface area contributed by atoms with Crippen molar-refractivity contribution in [2.75, 3.05) is 4.90 Å². The minimum Gasteiger partial charge on any atom is -0.444 e. The molecule has 2 aromatic rings. The van der Waals surface area contributed by atoms with Crippen molar-refractivity contribution in [3.63, 3.8) is 0 Å². The molecule has 0 aliphatic heterocycles. The molecule has 0 saturated heterocycles. The molecule has 11 heteroatoms. The van der Waals surface area contributed by atoms with Crippen LogP contribution >= 0.6 is 0 Å². The molecule has 0 bridgehead atoms. The first-order valence-corrected chi connectivity index (χ1v) is 12.1. The zero-order valence-electron chi connectivity index (χ0n) is 23.4. The maximum atomic E-state index is 13.0. The van der Waals surface area contributed by atoms with E-state index in [4.69, 9.17) is 14.2 Å². The summed E-state index contributed by atoms with van der Waals surface area (Å²) in [4.78, 5) is 43.3. The SMILES string of the molecule is C[C@@H](C/C=C/c1cnc2c(N(C(=O)OC(C)(C)C)C(=O)OC(C)(C)C)ccnn12)NC(=O)OC(C)(C)C. The number of imidazole rings is 1. The van der Waals surface area contributed by atoms with Crippen molar-refractivity contribution < 1.29 is 28.6 Å². The summed E-state index contributed by atoms with van der Waals surface area (Å²) in [5.41, 5.74) is -1.22. The molecule has 1 N–H and O–H groups in total. The molecule has 0 spiro atoms. The topological polar surface area (TPSA) is 124 Å². The van der Waals surface area contributed by atoms with Gasteiger partial charge in [-0.15, -0.1) is 0 Å². The van der Waals surface area contributed by atoms with Crippen molar-refractivity contribution in [3.8, 4) is 0 Å². The molecule has 2 heterocycles. The van der Waals surface area contributed by atoms with Gasteiger partial charge in [-0.25, -0.2) is 23.9 Å². The molecule has 204 valence electrons. The molecule has 0 aliphatic carbocycles. The zero-order chi connectivity index (χ0) is 28.2. The van der Waals surface area contributed by atoms with Crippen LogP contribution in [-0.2, 0) is 14.2 Å². The number of carbonyl (C=O) groups excluding carboxylic acids is 3. The highest BCUT2D eigenvalue weighted by Crippen LogP contribution is 2.26. The Balaban J connectivity index is 2.31. The standard InChI is InChI=1S/C26H39N5O6/c1-17(29-21(32)35-24(2,3)4)12-11-13-18-16-27-20-19(14-15-28-31(18)20)30(22(33)36-25(5,6)7)23(34)37-26(8,9)10/h11,13-17H,12H2,1-10H3,(H,29,32)/b13-11+/t17-/m0/s1. The molecule has 0 fully saturated rings. The Morgan fingerprint density at radius 2 is 1.51 bits per heavy atom. The number of amides is 3. The Kier molecular flexibility index (Phi) is 8.95. The number of imide groups is 1. The average molecular weight is 518 g/mol. The molecule has 0 saturated carbocycles. The minimum atomic E-state index is -0.892. The van der Waals surface area contributed by atoms with Gasteiger partial charge in [0.05, 0.1) is 18.1 Å². The molecular formula is C26H39N5O6. The van der Waals surface area contributed by atoms with E-state index in [0.717, 1.165) is 4.90 Å².